The van der Waals surface area contributed by atoms with Gasteiger partial charge in [0.15, 0.2) is 5.65 Å². The van der Waals surface area contributed by atoms with E-state index in [2.05, 4.69) is 4.90 Å². The largest absolute Gasteiger partial charge is 0.416 e. The molecule has 42 heavy (non-hydrogen) atoms. The van der Waals surface area contributed by atoms with Crippen LogP contribution in [0.25, 0.3) is 5.65 Å². The van der Waals surface area contributed by atoms with Gasteiger partial charge in [0.05, 0.1) is 35.9 Å². The van der Waals surface area contributed by atoms with Crippen LogP contribution in [-0.2, 0) is 33.6 Å². The number of hydrogen-bond acceptors (Lipinski definition) is 6. The maximum absolute atomic E-state index is 13.8. The molecule has 1 aliphatic carbocycles. The highest BCUT2D eigenvalue weighted by atomic mass is 32.2. The summed E-state index contributed by atoms with van der Waals surface area (Å²) in [6.45, 7) is 6.22. The average Bonchev–Trinajstić information content (AvgIpc) is 3.25. The summed E-state index contributed by atoms with van der Waals surface area (Å²) < 4.78 is 72.7. The number of nitrogens with zero attached hydrogens (tertiary/aromatic N) is 4. The molecule has 3 aromatic rings. The number of anilines is 1. The first-order valence-corrected chi connectivity index (χ1v) is 17.0. The Hall–Kier alpha value is -2.66. The van der Waals surface area contributed by atoms with Gasteiger partial charge in [-0.1, -0.05) is 31.4 Å². The zero-order valence-electron chi connectivity index (χ0n) is 24.7. The Labute approximate surface area is 246 Å². The first-order chi connectivity index (χ1) is 19.9. The fourth-order valence-electron chi connectivity index (χ4n) is 6.59. The maximum Gasteiger partial charge on any atom is 0.416 e. The Morgan fingerprint density at radius 1 is 1.02 bits per heavy atom. The second kappa shape index (κ2) is 12.5. The summed E-state index contributed by atoms with van der Waals surface area (Å²) in [5, 5.41) is 4.99. The van der Waals surface area contributed by atoms with E-state index in [4.69, 9.17) is 14.8 Å². The van der Waals surface area contributed by atoms with Crippen molar-refractivity contribution >= 4 is 21.3 Å². The van der Waals surface area contributed by atoms with Crippen LogP contribution >= 0.6 is 0 Å². The van der Waals surface area contributed by atoms with E-state index >= 15 is 0 Å². The van der Waals surface area contributed by atoms with Gasteiger partial charge in [0, 0.05) is 25.8 Å². The molecule has 11 heteroatoms. The van der Waals surface area contributed by atoms with E-state index in [1.54, 1.807) is 6.07 Å². The molecule has 2 aromatic heterocycles. The van der Waals surface area contributed by atoms with E-state index < -0.39 is 21.6 Å². The van der Waals surface area contributed by atoms with Crippen LogP contribution < -0.4 is 4.90 Å². The van der Waals surface area contributed by atoms with Crippen molar-refractivity contribution in [1.29, 1.82) is 0 Å². The lowest BCUT2D eigenvalue weighted by Gasteiger charge is -2.28. The zero-order chi connectivity index (χ0) is 30.1. The molecule has 2 unspecified atom stereocenters. The minimum atomic E-state index is -4.43. The number of aryl methyl sites for hydroxylation is 1. The normalized spacial score (nSPS) is 21.0. The minimum Gasteiger partial charge on any atom is -0.378 e. The number of alkyl halides is 3. The van der Waals surface area contributed by atoms with Gasteiger partial charge in [0.1, 0.15) is 15.7 Å². The molecule has 0 bridgehead atoms. The number of imidazole rings is 1. The van der Waals surface area contributed by atoms with Gasteiger partial charge in [-0.15, -0.1) is 5.10 Å². The summed E-state index contributed by atoms with van der Waals surface area (Å²) in [5.74, 6) is 1.51. The van der Waals surface area contributed by atoms with Crippen LogP contribution in [0.15, 0.2) is 24.3 Å². The number of rotatable bonds is 7. The van der Waals surface area contributed by atoms with Crippen molar-refractivity contribution in [2.24, 2.45) is 11.8 Å². The number of benzene rings is 1. The summed E-state index contributed by atoms with van der Waals surface area (Å²) in [5.41, 5.74) is 3.59. The zero-order valence-corrected chi connectivity index (χ0v) is 25.5. The highest BCUT2D eigenvalue weighted by Crippen LogP contribution is 2.35. The Morgan fingerprint density at radius 3 is 2.40 bits per heavy atom. The van der Waals surface area contributed by atoms with Crippen LogP contribution in [0.5, 0.6) is 0 Å². The predicted octanol–water partition coefficient (Wildman–Crippen LogP) is 5.97. The first-order valence-electron chi connectivity index (χ1n) is 14.9. The number of morpholine rings is 1. The van der Waals surface area contributed by atoms with Crippen molar-refractivity contribution < 1.29 is 26.3 Å². The van der Waals surface area contributed by atoms with E-state index in [1.807, 2.05) is 17.5 Å². The van der Waals surface area contributed by atoms with E-state index in [1.165, 1.54) is 19.2 Å². The van der Waals surface area contributed by atoms with Gasteiger partial charge in [-0.25, -0.2) is 17.9 Å². The number of hydrogen-bond donors (Lipinski definition) is 0. The van der Waals surface area contributed by atoms with E-state index in [9.17, 15) is 21.6 Å². The highest BCUT2D eigenvalue weighted by molar-refractivity contribution is 7.90. The summed E-state index contributed by atoms with van der Waals surface area (Å²) >= 11 is 0. The van der Waals surface area contributed by atoms with E-state index in [-0.39, 0.29) is 23.7 Å². The average molecular weight is 607 g/mol. The molecule has 5 rings (SSSR count). The minimum absolute atomic E-state index is 0.163. The molecule has 1 saturated heterocycles. The molecule has 0 radical (unpaired) electrons. The SMILES string of the molecule is Cc1c(Cc2c(CC3CCCCC(CS(C)(=O)=O)CC3)nc3c(C)cc(N4CCOCC4)nn23)cccc1C(F)(F)F. The third kappa shape index (κ3) is 7.27. The molecule has 1 saturated carbocycles. The Kier molecular flexibility index (Phi) is 9.18. The smallest absolute Gasteiger partial charge is 0.378 e. The molecule has 1 aromatic carbocycles. The third-order valence-electron chi connectivity index (χ3n) is 8.85. The topological polar surface area (TPSA) is 76.8 Å². The van der Waals surface area contributed by atoms with Crippen LogP contribution in [0.1, 0.15) is 72.2 Å². The Bertz CT molecular complexity index is 1510. The van der Waals surface area contributed by atoms with Crippen LogP contribution in [-0.4, -0.2) is 61.3 Å². The van der Waals surface area contributed by atoms with Crippen molar-refractivity contribution in [2.75, 3.05) is 43.2 Å². The summed E-state index contributed by atoms with van der Waals surface area (Å²) in [6.07, 6.45) is 3.59. The molecule has 3 heterocycles. The van der Waals surface area contributed by atoms with Gasteiger partial charge in [-0.05, 0) is 80.2 Å². The number of sulfone groups is 1. The lowest BCUT2D eigenvalue weighted by molar-refractivity contribution is -0.138. The van der Waals surface area contributed by atoms with Crippen molar-refractivity contribution in [1.82, 2.24) is 14.6 Å². The molecular weight excluding hydrogens is 565 g/mol. The first kappa shape index (κ1) is 30.8. The molecule has 0 amide bonds. The molecule has 0 N–H and O–H groups in total. The van der Waals surface area contributed by atoms with Crippen molar-refractivity contribution in [2.45, 2.75) is 71.4 Å². The van der Waals surface area contributed by atoms with Crippen LogP contribution in [0.2, 0.25) is 0 Å². The van der Waals surface area contributed by atoms with Crippen LogP contribution in [0.3, 0.4) is 0 Å². The molecule has 230 valence electrons. The molecule has 7 nitrogen and oxygen atoms in total. The number of halogens is 3. The lowest BCUT2D eigenvalue weighted by atomic mass is 9.83. The molecule has 2 aliphatic rings. The van der Waals surface area contributed by atoms with Crippen LogP contribution in [0, 0.1) is 25.7 Å². The lowest BCUT2D eigenvalue weighted by Crippen LogP contribution is -2.37. The fourth-order valence-corrected chi connectivity index (χ4v) is 7.78. The predicted molar refractivity (Wildman–Crippen MR) is 158 cm³/mol. The van der Waals surface area contributed by atoms with E-state index in [0.29, 0.717) is 31.1 Å². The molecule has 2 atom stereocenters. The second-order valence-corrected chi connectivity index (χ2v) is 14.4. The van der Waals surface area contributed by atoms with Crippen molar-refractivity contribution in [3.05, 3.63) is 57.9 Å². The third-order valence-corrected chi connectivity index (χ3v) is 9.93. The van der Waals surface area contributed by atoms with Gasteiger partial charge in [-0.2, -0.15) is 13.2 Å². The van der Waals surface area contributed by atoms with E-state index in [0.717, 1.165) is 86.1 Å². The highest BCUT2D eigenvalue weighted by Gasteiger charge is 2.33. The van der Waals surface area contributed by atoms with Crippen molar-refractivity contribution in [3.63, 3.8) is 0 Å². The van der Waals surface area contributed by atoms with Gasteiger partial charge < -0.3 is 9.64 Å². The Morgan fingerprint density at radius 2 is 1.71 bits per heavy atom. The molecule has 1 aliphatic heterocycles. The summed E-state index contributed by atoms with van der Waals surface area (Å²) in [7, 11) is -3.04. The molecule has 0 spiro atoms. The second-order valence-electron chi connectivity index (χ2n) is 12.2. The fraction of sp³-hybridized carbons (Fsp3) is 0.613. The number of aromatic nitrogens is 3. The van der Waals surface area contributed by atoms with Gasteiger partial charge in [-0.3, -0.25) is 0 Å². The number of ether oxygens (including phenoxy) is 1. The Balaban J connectivity index is 1.52. The molecule has 2 fully saturated rings. The monoisotopic (exact) mass is 606 g/mol. The summed E-state index contributed by atoms with van der Waals surface area (Å²) in [6, 6.07) is 6.40. The maximum atomic E-state index is 13.8. The quantitative estimate of drug-likeness (QED) is 0.330. The number of fused-ring (bicyclic) bond motifs is 1. The van der Waals surface area contributed by atoms with Crippen LogP contribution in [0.4, 0.5) is 19.0 Å². The van der Waals surface area contributed by atoms with Gasteiger partial charge >= 0.3 is 6.18 Å². The van der Waals surface area contributed by atoms with Gasteiger partial charge in [0.25, 0.3) is 0 Å². The van der Waals surface area contributed by atoms with Gasteiger partial charge in [0.2, 0.25) is 0 Å². The standard InChI is InChI=1S/C31H41F3N4O3S/c1-21-17-29(37-13-15-41-16-14-37)36-38-28(19-25-9-6-10-26(22(25)2)31(32,33)34)27(35-30(21)38)18-23-7-4-5-8-24(12-11-23)20-42(3,39)40/h6,9-10,17,23-24H,4-5,7-8,11-16,18-20H2,1-3H3. The van der Waals surface area contributed by atoms with Crippen molar-refractivity contribution in [3.8, 4) is 0 Å². The summed E-state index contributed by atoms with van der Waals surface area (Å²) in [4.78, 5) is 7.23. The molecular formula is C31H41F3N4O3S.